The van der Waals surface area contributed by atoms with Crippen LogP contribution in [0.1, 0.15) is 37.1 Å². The molecule has 1 aliphatic carbocycles. The molecule has 0 radical (unpaired) electrons. The monoisotopic (exact) mass is 382 g/mol. The summed E-state index contributed by atoms with van der Waals surface area (Å²) in [5.41, 5.74) is 3.17. The second kappa shape index (κ2) is 8.04. The number of amides is 1. The summed E-state index contributed by atoms with van der Waals surface area (Å²) >= 11 is 0. The summed E-state index contributed by atoms with van der Waals surface area (Å²) in [6.45, 7) is 6.72. The molecule has 0 spiro atoms. The molecule has 1 amide bonds. The molecule has 0 bridgehead atoms. The first-order valence-corrected chi connectivity index (χ1v) is 9.94. The van der Waals surface area contributed by atoms with Crippen LogP contribution >= 0.6 is 0 Å². The zero-order valence-electron chi connectivity index (χ0n) is 16.4. The molecule has 7 heteroatoms. The van der Waals surface area contributed by atoms with Gasteiger partial charge in [-0.1, -0.05) is 6.07 Å². The molecule has 1 aliphatic heterocycles. The summed E-state index contributed by atoms with van der Waals surface area (Å²) in [7, 11) is 0. The number of ether oxygens (including phenoxy) is 2. The maximum Gasteiger partial charge on any atom is 0.231 e. The van der Waals surface area contributed by atoms with Crippen molar-refractivity contribution in [1.29, 1.82) is 0 Å². The molecular formula is C21H26N4O3. The summed E-state index contributed by atoms with van der Waals surface area (Å²) in [6.07, 6.45) is 4.22. The van der Waals surface area contributed by atoms with Crippen molar-refractivity contribution in [3.05, 3.63) is 41.2 Å². The number of fused-ring (bicyclic) bond motifs is 2. The maximum atomic E-state index is 12.7. The minimum atomic E-state index is -0.0376. The Bertz CT molecular complexity index is 867. The molecule has 0 saturated heterocycles. The molecule has 2 aromatic rings. The fourth-order valence-electron chi connectivity index (χ4n) is 3.76. The smallest absolute Gasteiger partial charge is 0.231 e. The van der Waals surface area contributed by atoms with Gasteiger partial charge in [0.25, 0.3) is 0 Å². The van der Waals surface area contributed by atoms with E-state index in [2.05, 4.69) is 29.0 Å². The summed E-state index contributed by atoms with van der Waals surface area (Å²) in [6, 6.07) is 5.75. The van der Waals surface area contributed by atoms with Crippen molar-refractivity contribution in [2.45, 2.75) is 39.7 Å². The largest absolute Gasteiger partial charge is 0.454 e. The number of anilines is 1. The van der Waals surface area contributed by atoms with Gasteiger partial charge in [0.2, 0.25) is 18.6 Å². The van der Waals surface area contributed by atoms with E-state index in [-0.39, 0.29) is 18.6 Å². The Labute approximate surface area is 165 Å². The number of benzene rings is 1. The van der Waals surface area contributed by atoms with Gasteiger partial charge in [-0.2, -0.15) is 0 Å². The van der Waals surface area contributed by atoms with Crippen molar-refractivity contribution in [1.82, 2.24) is 15.3 Å². The molecule has 4 rings (SSSR count). The molecule has 1 aromatic heterocycles. The first-order valence-electron chi connectivity index (χ1n) is 9.94. The molecule has 0 unspecified atom stereocenters. The Morgan fingerprint density at radius 3 is 2.89 bits per heavy atom. The third-order valence-electron chi connectivity index (χ3n) is 5.46. The van der Waals surface area contributed by atoms with Crippen LogP contribution in [0.2, 0.25) is 0 Å². The second-order valence-corrected chi connectivity index (χ2v) is 7.16. The van der Waals surface area contributed by atoms with Gasteiger partial charge in [-0.05, 0) is 56.4 Å². The Morgan fingerprint density at radius 2 is 2.07 bits per heavy atom. The Balaban J connectivity index is 1.36. The third-order valence-corrected chi connectivity index (χ3v) is 5.46. The number of rotatable bonds is 6. The molecule has 0 saturated carbocycles. The van der Waals surface area contributed by atoms with Gasteiger partial charge < -0.3 is 19.7 Å². The van der Waals surface area contributed by atoms with Crippen LogP contribution in [0.3, 0.4) is 0 Å². The molecular weight excluding hydrogens is 356 g/mol. The molecule has 2 heterocycles. The quantitative estimate of drug-likeness (QED) is 0.827. The van der Waals surface area contributed by atoms with Gasteiger partial charge in [-0.15, -0.1) is 0 Å². The highest BCUT2D eigenvalue weighted by Crippen LogP contribution is 2.32. The first-order chi connectivity index (χ1) is 13.7. The van der Waals surface area contributed by atoms with Gasteiger partial charge in [0.1, 0.15) is 0 Å². The van der Waals surface area contributed by atoms with Crippen molar-refractivity contribution < 1.29 is 14.3 Å². The lowest BCUT2D eigenvalue weighted by molar-refractivity contribution is -0.125. The number of aromatic nitrogens is 2. The topological polar surface area (TPSA) is 76.6 Å². The van der Waals surface area contributed by atoms with Gasteiger partial charge in [-0.3, -0.25) is 4.79 Å². The molecule has 0 fully saturated rings. The average Bonchev–Trinajstić information content (AvgIpc) is 3.20. The number of carbonyl (C=O) groups excluding carboxylic acids is 1. The zero-order valence-corrected chi connectivity index (χ0v) is 16.4. The average molecular weight is 382 g/mol. The van der Waals surface area contributed by atoms with E-state index in [4.69, 9.17) is 14.5 Å². The molecule has 7 nitrogen and oxygen atoms in total. The van der Waals surface area contributed by atoms with Gasteiger partial charge >= 0.3 is 0 Å². The summed E-state index contributed by atoms with van der Waals surface area (Å²) in [5, 5.41) is 3.05. The predicted octanol–water partition coefficient (Wildman–Crippen LogP) is 2.47. The maximum absolute atomic E-state index is 12.7. The number of hydrogen-bond acceptors (Lipinski definition) is 6. The molecule has 1 N–H and O–H groups in total. The second-order valence-electron chi connectivity index (χ2n) is 7.16. The number of hydrogen-bond donors (Lipinski definition) is 1. The van der Waals surface area contributed by atoms with Crippen LogP contribution in [-0.2, 0) is 24.2 Å². The van der Waals surface area contributed by atoms with E-state index < -0.39 is 0 Å². The number of aryl methyl sites for hydroxylation is 1. The Hall–Kier alpha value is -2.83. The standard InChI is InChI=1S/C21H26N4O3/c1-3-25(4-2)21-23-12-16-10-15(6-7-17(16)24-21)20(26)22-11-14-5-8-18-19(9-14)28-13-27-18/h5,8-9,12,15H,3-4,6-7,10-11,13H2,1-2H3,(H,22,26)/t15-/m1/s1. The van der Waals surface area contributed by atoms with E-state index in [0.29, 0.717) is 13.0 Å². The highest BCUT2D eigenvalue weighted by atomic mass is 16.7. The van der Waals surface area contributed by atoms with Crippen LogP contribution in [-0.4, -0.2) is 35.8 Å². The SMILES string of the molecule is CCN(CC)c1ncc2c(n1)CC[C@@H](C(=O)NCc1ccc3c(c1)OCO3)C2. The van der Waals surface area contributed by atoms with E-state index in [0.717, 1.165) is 60.2 Å². The fraction of sp³-hybridized carbons (Fsp3) is 0.476. The fourth-order valence-corrected chi connectivity index (χ4v) is 3.76. The number of nitrogens with one attached hydrogen (secondary N) is 1. The highest BCUT2D eigenvalue weighted by molar-refractivity contribution is 5.79. The van der Waals surface area contributed by atoms with Crippen molar-refractivity contribution >= 4 is 11.9 Å². The molecule has 28 heavy (non-hydrogen) atoms. The van der Waals surface area contributed by atoms with Crippen molar-refractivity contribution in [2.24, 2.45) is 5.92 Å². The summed E-state index contributed by atoms with van der Waals surface area (Å²) in [5.74, 6) is 2.32. The van der Waals surface area contributed by atoms with E-state index in [1.54, 1.807) is 0 Å². The predicted molar refractivity (Wildman–Crippen MR) is 106 cm³/mol. The van der Waals surface area contributed by atoms with Gasteiger partial charge in [0.05, 0.1) is 0 Å². The third kappa shape index (κ3) is 3.74. The van der Waals surface area contributed by atoms with Gasteiger partial charge in [0.15, 0.2) is 11.5 Å². The van der Waals surface area contributed by atoms with Crippen LogP contribution in [0, 0.1) is 5.92 Å². The minimum absolute atomic E-state index is 0.0376. The van der Waals surface area contributed by atoms with Crippen molar-refractivity contribution in [3.8, 4) is 11.5 Å². The lowest BCUT2D eigenvalue weighted by Crippen LogP contribution is -2.34. The zero-order chi connectivity index (χ0) is 19.5. The van der Waals surface area contributed by atoms with Crippen LogP contribution in [0.5, 0.6) is 11.5 Å². The van der Waals surface area contributed by atoms with Crippen LogP contribution < -0.4 is 19.7 Å². The first kappa shape index (κ1) is 18.5. The molecule has 148 valence electrons. The summed E-state index contributed by atoms with van der Waals surface area (Å²) < 4.78 is 10.7. The van der Waals surface area contributed by atoms with Crippen LogP contribution in [0.15, 0.2) is 24.4 Å². The van der Waals surface area contributed by atoms with Crippen molar-refractivity contribution in [2.75, 3.05) is 24.8 Å². The molecule has 2 aliphatic rings. The lowest BCUT2D eigenvalue weighted by Gasteiger charge is -2.25. The van der Waals surface area contributed by atoms with E-state index >= 15 is 0 Å². The lowest BCUT2D eigenvalue weighted by atomic mass is 9.86. The van der Waals surface area contributed by atoms with Crippen molar-refractivity contribution in [3.63, 3.8) is 0 Å². The van der Waals surface area contributed by atoms with E-state index in [9.17, 15) is 4.79 Å². The highest BCUT2D eigenvalue weighted by Gasteiger charge is 2.26. The number of nitrogens with zero attached hydrogens (tertiary/aromatic N) is 3. The normalized spacial score (nSPS) is 17.1. The minimum Gasteiger partial charge on any atom is -0.454 e. The van der Waals surface area contributed by atoms with Crippen LogP contribution in [0.4, 0.5) is 5.95 Å². The number of carbonyl (C=O) groups is 1. The van der Waals surface area contributed by atoms with Gasteiger partial charge in [0, 0.05) is 37.4 Å². The summed E-state index contributed by atoms with van der Waals surface area (Å²) in [4.78, 5) is 24.1. The van der Waals surface area contributed by atoms with E-state index in [1.807, 2.05) is 24.4 Å². The van der Waals surface area contributed by atoms with Crippen LogP contribution in [0.25, 0.3) is 0 Å². The van der Waals surface area contributed by atoms with E-state index in [1.165, 1.54) is 0 Å². The Kier molecular flexibility index (Phi) is 5.32. The van der Waals surface area contributed by atoms with Gasteiger partial charge in [-0.25, -0.2) is 9.97 Å². The molecule has 1 aromatic carbocycles. The molecule has 1 atom stereocenters. The Morgan fingerprint density at radius 1 is 1.25 bits per heavy atom.